The Bertz CT molecular complexity index is 1020. The van der Waals surface area contributed by atoms with Crippen LogP contribution in [0.3, 0.4) is 0 Å². The number of ether oxygens (including phenoxy) is 1. The van der Waals surface area contributed by atoms with E-state index in [2.05, 4.69) is 36.7 Å². The van der Waals surface area contributed by atoms with Crippen LogP contribution in [0.25, 0.3) is 11.0 Å². The maximum Gasteiger partial charge on any atom is 0.229 e. The standard InChI is InChI=1S/C22H27FN6O/c1-27-8-10-28(11-9-27)20-5-4-17(13-19(20)23)25-22-24-14-16-6-7-29(21(16)26-22)15-18-3-2-12-30-18/h4-7,13-14,18H,2-3,8-12,15H2,1H3,(H,24,25,26)/t18-/m1/s1. The molecule has 7 nitrogen and oxygen atoms in total. The van der Waals surface area contributed by atoms with Crippen LogP contribution in [0.2, 0.25) is 0 Å². The highest BCUT2D eigenvalue weighted by Gasteiger charge is 2.19. The van der Waals surface area contributed by atoms with Crippen LogP contribution in [0.1, 0.15) is 12.8 Å². The molecule has 0 radical (unpaired) electrons. The molecule has 0 unspecified atom stereocenters. The number of hydrogen-bond donors (Lipinski definition) is 1. The Morgan fingerprint density at radius 2 is 2.07 bits per heavy atom. The van der Waals surface area contributed by atoms with Crippen LogP contribution in [0, 0.1) is 5.82 Å². The molecule has 2 aliphatic heterocycles. The summed E-state index contributed by atoms with van der Waals surface area (Å²) in [4.78, 5) is 13.4. The number of nitrogens with zero attached hydrogens (tertiary/aromatic N) is 5. The zero-order valence-electron chi connectivity index (χ0n) is 17.2. The first-order valence-corrected chi connectivity index (χ1v) is 10.6. The number of anilines is 3. The van der Waals surface area contributed by atoms with Crippen LogP contribution in [0.4, 0.5) is 21.7 Å². The monoisotopic (exact) mass is 410 g/mol. The summed E-state index contributed by atoms with van der Waals surface area (Å²) >= 11 is 0. The number of aromatic nitrogens is 3. The Kier molecular flexibility index (Phi) is 5.26. The minimum Gasteiger partial charge on any atom is -0.376 e. The minimum absolute atomic E-state index is 0.229. The van der Waals surface area contributed by atoms with Gasteiger partial charge in [0, 0.05) is 56.3 Å². The van der Waals surface area contributed by atoms with Crippen LogP contribution in [-0.4, -0.2) is 65.4 Å². The molecule has 0 bridgehead atoms. The fourth-order valence-electron chi connectivity index (χ4n) is 4.20. The molecule has 2 fully saturated rings. The van der Waals surface area contributed by atoms with Crippen molar-refractivity contribution in [3.8, 4) is 0 Å². The topological polar surface area (TPSA) is 58.5 Å². The lowest BCUT2D eigenvalue weighted by molar-refractivity contribution is 0.0979. The summed E-state index contributed by atoms with van der Waals surface area (Å²) < 4.78 is 22.6. The summed E-state index contributed by atoms with van der Waals surface area (Å²) in [5, 5.41) is 4.13. The van der Waals surface area contributed by atoms with E-state index in [0.717, 1.165) is 63.2 Å². The van der Waals surface area contributed by atoms with Crippen LogP contribution < -0.4 is 10.2 Å². The van der Waals surface area contributed by atoms with E-state index in [4.69, 9.17) is 4.74 Å². The van der Waals surface area contributed by atoms with E-state index in [0.29, 0.717) is 17.3 Å². The van der Waals surface area contributed by atoms with E-state index in [1.165, 1.54) is 6.07 Å². The smallest absolute Gasteiger partial charge is 0.229 e. The highest BCUT2D eigenvalue weighted by atomic mass is 19.1. The maximum absolute atomic E-state index is 14.8. The Morgan fingerprint density at radius 1 is 1.20 bits per heavy atom. The number of piperazine rings is 1. The van der Waals surface area contributed by atoms with Gasteiger partial charge in [-0.2, -0.15) is 4.98 Å². The molecule has 1 aromatic carbocycles. The van der Waals surface area contributed by atoms with Crippen molar-refractivity contribution >= 4 is 28.4 Å². The predicted molar refractivity (Wildman–Crippen MR) is 116 cm³/mol. The number of rotatable bonds is 5. The van der Waals surface area contributed by atoms with Gasteiger partial charge < -0.3 is 24.4 Å². The second kappa shape index (κ2) is 8.20. The minimum atomic E-state index is -0.229. The number of hydrogen-bond acceptors (Lipinski definition) is 6. The second-order valence-electron chi connectivity index (χ2n) is 8.16. The lowest BCUT2D eigenvalue weighted by Crippen LogP contribution is -2.44. The van der Waals surface area contributed by atoms with Crippen molar-refractivity contribution in [2.45, 2.75) is 25.5 Å². The Morgan fingerprint density at radius 3 is 2.83 bits per heavy atom. The third-order valence-corrected chi connectivity index (χ3v) is 5.97. The molecule has 1 N–H and O–H groups in total. The van der Waals surface area contributed by atoms with E-state index in [-0.39, 0.29) is 11.9 Å². The molecule has 8 heteroatoms. The van der Waals surface area contributed by atoms with Gasteiger partial charge in [0.05, 0.1) is 18.3 Å². The Labute approximate surface area is 175 Å². The molecule has 0 saturated carbocycles. The summed E-state index contributed by atoms with van der Waals surface area (Å²) in [6.45, 7) is 5.18. The highest BCUT2D eigenvalue weighted by Crippen LogP contribution is 2.26. The van der Waals surface area contributed by atoms with Gasteiger partial charge in [0.1, 0.15) is 11.5 Å². The summed E-state index contributed by atoms with van der Waals surface area (Å²) in [7, 11) is 2.09. The average Bonchev–Trinajstić information content (AvgIpc) is 3.40. The first-order chi connectivity index (χ1) is 14.7. The molecule has 3 aromatic rings. The third kappa shape index (κ3) is 3.97. The Balaban J connectivity index is 1.33. The molecule has 2 aliphatic rings. The zero-order chi connectivity index (χ0) is 20.5. The number of fused-ring (bicyclic) bond motifs is 1. The van der Waals surface area contributed by atoms with E-state index in [9.17, 15) is 4.39 Å². The number of benzene rings is 1. The van der Waals surface area contributed by atoms with Gasteiger partial charge in [0.2, 0.25) is 5.95 Å². The first-order valence-electron chi connectivity index (χ1n) is 10.6. The highest BCUT2D eigenvalue weighted by molar-refractivity contribution is 5.77. The molecule has 2 aromatic heterocycles. The summed E-state index contributed by atoms with van der Waals surface area (Å²) in [6, 6.07) is 7.25. The first kappa shape index (κ1) is 19.3. The van der Waals surface area contributed by atoms with Gasteiger partial charge in [-0.25, -0.2) is 9.37 Å². The molecular formula is C22H27FN6O. The predicted octanol–water partition coefficient (Wildman–Crippen LogP) is 3.24. The van der Waals surface area contributed by atoms with Crippen molar-refractivity contribution in [3.63, 3.8) is 0 Å². The summed E-state index contributed by atoms with van der Waals surface area (Å²) in [5.74, 6) is 0.230. The molecule has 30 heavy (non-hydrogen) atoms. The van der Waals surface area contributed by atoms with Gasteiger partial charge in [0.15, 0.2) is 0 Å². The molecule has 0 aliphatic carbocycles. The van der Waals surface area contributed by atoms with Crippen molar-refractivity contribution in [2.75, 3.05) is 50.1 Å². The molecule has 0 amide bonds. The Hall–Kier alpha value is -2.71. The van der Waals surface area contributed by atoms with Gasteiger partial charge in [-0.3, -0.25) is 0 Å². The fraction of sp³-hybridized carbons (Fsp3) is 0.455. The van der Waals surface area contributed by atoms with Gasteiger partial charge in [-0.1, -0.05) is 0 Å². The number of nitrogens with one attached hydrogen (secondary N) is 1. The van der Waals surface area contributed by atoms with Crippen molar-refractivity contribution in [1.29, 1.82) is 0 Å². The van der Waals surface area contributed by atoms with E-state index >= 15 is 0 Å². The van der Waals surface area contributed by atoms with E-state index < -0.39 is 0 Å². The second-order valence-corrected chi connectivity index (χ2v) is 8.16. The summed E-state index contributed by atoms with van der Waals surface area (Å²) in [6.07, 6.45) is 6.25. The van der Waals surface area contributed by atoms with Crippen molar-refractivity contribution in [3.05, 3.63) is 42.5 Å². The molecule has 5 rings (SSSR count). The molecule has 0 spiro atoms. The summed E-state index contributed by atoms with van der Waals surface area (Å²) in [5.41, 5.74) is 2.15. The normalized spacial score (nSPS) is 20.2. The van der Waals surface area contributed by atoms with Crippen molar-refractivity contribution in [2.24, 2.45) is 0 Å². The van der Waals surface area contributed by atoms with Gasteiger partial charge in [-0.05, 0) is 44.2 Å². The zero-order valence-corrected chi connectivity index (χ0v) is 17.2. The molecular weight excluding hydrogens is 383 g/mol. The van der Waals surface area contributed by atoms with Gasteiger partial charge >= 0.3 is 0 Å². The van der Waals surface area contributed by atoms with Gasteiger partial charge in [0.25, 0.3) is 0 Å². The fourth-order valence-corrected chi connectivity index (χ4v) is 4.20. The van der Waals surface area contributed by atoms with E-state index in [1.54, 1.807) is 6.20 Å². The van der Waals surface area contributed by atoms with Crippen LogP contribution >= 0.6 is 0 Å². The van der Waals surface area contributed by atoms with Crippen molar-refractivity contribution < 1.29 is 9.13 Å². The van der Waals surface area contributed by atoms with Crippen molar-refractivity contribution in [1.82, 2.24) is 19.4 Å². The molecule has 158 valence electrons. The third-order valence-electron chi connectivity index (χ3n) is 5.97. The van der Waals surface area contributed by atoms with Crippen LogP contribution in [0.15, 0.2) is 36.7 Å². The lowest BCUT2D eigenvalue weighted by Gasteiger charge is -2.34. The maximum atomic E-state index is 14.8. The molecule has 4 heterocycles. The van der Waals surface area contributed by atoms with E-state index in [1.807, 2.05) is 24.4 Å². The number of halogens is 1. The van der Waals surface area contributed by atoms with Gasteiger partial charge in [-0.15, -0.1) is 0 Å². The van der Waals surface area contributed by atoms with Crippen LogP contribution in [-0.2, 0) is 11.3 Å². The van der Waals surface area contributed by atoms with Crippen LogP contribution in [0.5, 0.6) is 0 Å². The quantitative estimate of drug-likeness (QED) is 0.697. The SMILES string of the molecule is CN1CCN(c2ccc(Nc3ncc4ccn(C[C@H]5CCCO5)c4n3)cc2F)CC1. The largest absolute Gasteiger partial charge is 0.376 e. The number of likely N-dealkylation sites (N-methyl/N-ethyl adjacent to an activating group) is 1. The average molecular weight is 410 g/mol. The lowest BCUT2D eigenvalue weighted by atomic mass is 10.2. The molecule has 2 saturated heterocycles. The molecule has 1 atom stereocenters.